The van der Waals surface area contributed by atoms with Crippen molar-refractivity contribution in [3.63, 3.8) is 0 Å². The number of carboxylic acid groups (broad SMARTS) is 1. The first kappa shape index (κ1) is 18.8. The number of hydrogen-bond acceptors (Lipinski definition) is 4. The van der Waals surface area contributed by atoms with E-state index in [1.807, 2.05) is 0 Å². The summed E-state index contributed by atoms with van der Waals surface area (Å²) in [7, 11) is 0. The summed E-state index contributed by atoms with van der Waals surface area (Å²) in [5.41, 5.74) is 0.370. The lowest BCUT2D eigenvalue weighted by Crippen LogP contribution is -2.46. The number of carboxylic acids is 1. The molecule has 27 heavy (non-hydrogen) atoms. The number of benzene rings is 2. The molecular formula is C20H20FNO5. The smallest absolute Gasteiger partial charge is 0.323 e. The Morgan fingerprint density at radius 1 is 1.11 bits per heavy atom. The number of carbonyl (C=O) groups excluding carboxylic acids is 1. The van der Waals surface area contributed by atoms with Crippen molar-refractivity contribution in [3.8, 4) is 11.5 Å². The molecule has 1 heterocycles. The van der Waals surface area contributed by atoms with Crippen molar-refractivity contribution in [2.24, 2.45) is 0 Å². The fraction of sp³-hybridized carbons (Fsp3) is 0.300. The van der Waals surface area contributed by atoms with Gasteiger partial charge in [0.15, 0.2) is 0 Å². The molecule has 3 rings (SSSR count). The molecule has 0 unspecified atom stereocenters. The molecule has 0 radical (unpaired) electrons. The van der Waals surface area contributed by atoms with Crippen molar-refractivity contribution in [1.29, 1.82) is 0 Å². The van der Waals surface area contributed by atoms with Gasteiger partial charge in [0.1, 0.15) is 23.9 Å². The Bertz CT molecular complexity index is 802. The van der Waals surface area contributed by atoms with E-state index >= 15 is 0 Å². The second-order valence-electron chi connectivity index (χ2n) is 6.25. The summed E-state index contributed by atoms with van der Waals surface area (Å²) >= 11 is 0. The molecule has 1 saturated heterocycles. The quantitative estimate of drug-likeness (QED) is 0.841. The number of nitrogens with zero attached hydrogens (tertiary/aromatic N) is 1. The van der Waals surface area contributed by atoms with Crippen LogP contribution in [0.2, 0.25) is 0 Å². The van der Waals surface area contributed by atoms with Crippen LogP contribution >= 0.6 is 0 Å². The molecule has 0 atom stereocenters. The van der Waals surface area contributed by atoms with Crippen LogP contribution in [0.5, 0.6) is 11.5 Å². The van der Waals surface area contributed by atoms with Crippen molar-refractivity contribution in [2.75, 3.05) is 19.8 Å². The Labute approximate surface area is 156 Å². The average molecular weight is 373 g/mol. The molecule has 7 heteroatoms. The number of carbonyl (C=O) groups is 2. The second-order valence-corrected chi connectivity index (χ2v) is 6.25. The highest BCUT2D eigenvalue weighted by Crippen LogP contribution is 2.23. The van der Waals surface area contributed by atoms with E-state index in [0.29, 0.717) is 43.1 Å². The van der Waals surface area contributed by atoms with Crippen LogP contribution in [0.15, 0.2) is 48.5 Å². The van der Waals surface area contributed by atoms with Crippen LogP contribution in [-0.2, 0) is 9.53 Å². The molecule has 0 bridgehead atoms. The Hall–Kier alpha value is -2.93. The zero-order chi connectivity index (χ0) is 19.2. The molecule has 0 saturated carbocycles. The Kier molecular flexibility index (Phi) is 6.03. The molecule has 6 nitrogen and oxygen atoms in total. The maximum Gasteiger partial charge on any atom is 0.323 e. The first-order valence-electron chi connectivity index (χ1n) is 8.67. The number of rotatable bonds is 6. The van der Waals surface area contributed by atoms with Crippen LogP contribution in [0.3, 0.4) is 0 Å². The highest BCUT2D eigenvalue weighted by molar-refractivity contribution is 5.96. The lowest BCUT2D eigenvalue weighted by molar-refractivity contribution is -0.138. The third kappa shape index (κ3) is 5.04. The number of amides is 1. The largest absolute Gasteiger partial charge is 0.480 e. The molecular weight excluding hydrogens is 353 g/mol. The zero-order valence-electron chi connectivity index (χ0n) is 14.6. The molecule has 2 aromatic carbocycles. The molecule has 1 fully saturated rings. The highest BCUT2D eigenvalue weighted by atomic mass is 19.1. The van der Waals surface area contributed by atoms with Crippen molar-refractivity contribution in [3.05, 3.63) is 59.9 Å². The van der Waals surface area contributed by atoms with Gasteiger partial charge in [-0.1, -0.05) is 6.07 Å². The summed E-state index contributed by atoms with van der Waals surface area (Å²) in [6, 6.07) is 11.9. The molecule has 2 aromatic rings. The Morgan fingerprint density at radius 2 is 1.81 bits per heavy atom. The number of hydrogen-bond donors (Lipinski definition) is 1. The fourth-order valence-electron chi connectivity index (χ4n) is 3.01. The summed E-state index contributed by atoms with van der Waals surface area (Å²) in [4.78, 5) is 25.4. The molecule has 0 aliphatic carbocycles. The minimum absolute atomic E-state index is 0.162. The van der Waals surface area contributed by atoms with Gasteiger partial charge < -0.3 is 19.5 Å². The third-order valence-corrected chi connectivity index (χ3v) is 4.33. The van der Waals surface area contributed by atoms with Gasteiger partial charge in [0.05, 0.1) is 0 Å². The van der Waals surface area contributed by atoms with Crippen molar-refractivity contribution < 1.29 is 28.6 Å². The van der Waals surface area contributed by atoms with Gasteiger partial charge in [0.25, 0.3) is 5.91 Å². The molecule has 142 valence electrons. The van der Waals surface area contributed by atoms with Gasteiger partial charge in [-0.25, -0.2) is 4.39 Å². The van der Waals surface area contributed by atoms with Crippen molar-refractivity contribution in [1.82, 2.24) is 4.90 Å². The van der Waals surface area contributed by atoms with E-state index in [1.54, 1.807) is 36.4 Å². The van der Waals surface area contributed by atoms with E-state index in [0.717, 1.165) is 0 Å². The maximum atomic E-state index is 13.2. The van der Waals surface area contributed by atoms with E-state index in [2.05, 4.69) is 0 Å². The Balaban J connectivity index is 1.73. The van der Waals surface area contributed by atoms with Gasteiger partial charge in [-0.2, -0.15) is 0 Å². The molecule has 0 aromatic heterocycles. The molecule has 0 spiro atoms. The minimum Gasteiger partial charge on any atom is -0.480 e. The van der Waals surface area contributed by atoms with Gasteiger partial charge in [0, 0.05) is 30.9 Å². The lowest BCUT2D eigenvalue weighted by atomic mass is 10.1. The fourth-order valence-corrected chi connectivity index (χ4v) is 3.01. The van der Waals surface area contributed by atoms with E-state index in [4.69, 9.17) is 14.6 Å². The van der Waals surface area contributed by atoms with Gasteiger partial charge in [-0.15, -0.1) is 0 Å². The predicted octanol–water partition coefficient (Wildman–Crippen LogP) is 3.32. The van der Waals surface area contributed by atoms with Gasteiger partial charge in [-0.05, 0) is 49.2 Å². The van der Waals surface area contributed by atoms with Crippen molar-refractivity contribution in [2.45, 2.75) is 18.9 Å². The molecule has 1 N–H and O–H groups in total. The van der Waals surface area contributed by atoms with Crippen LogP contribution in [0.25, 0.3) is 0 Å². The maximum absolute atomic E-state index is 13.2. The van der Waals surface area contributed by atoms with Crippen LogP contribution in [-0.4, -0.2) is 47.7 Å². The van der Waals surface area contributed by atoms with Crippen molar-refractivity contribution >= 4 is 11.9 Å². The van der Waals surface area contributed by atoms with Crippen LogP contribution in [0.4, 0.5) is 4.39 Å². The molecule has 1 amide bonds. The number of ether oxygens (including phenoxy) is 2. The third-order valence-electron chi connectivity index (χ3n) is 4.33. The van der Waals surface area contributed by atoms with Crippen LogP contribution < -0.4 is 4.74 Å². The van der Waals surface area contributed by atoms with Gasteiger partial charge in [0.2, 0.25) is 0 Å². The van der Waals surface area contributed by atoms with Gasteiger partial charge in [-0.3, -0.25) is 9.59 Å². The second kappa shape index (κ2) is 8.64. The lowest BCUT2D eigenvalue weighted by Gasteiger charge is -2.33. The predicted molar refractivity (Wildman–Crippen MR) is 95.4 cm³/mol. The summed E-state index contributed by atoms with van der Waals surface area (Å²) in [6.45, 7) is 0.661. The SMILES string of the molecule is O=C(O)CN(C(=O)c1ccc(Oc2cccc(F)c2)cc1)C1CCOCC1. The first-order chi connectivity index (χ1) is 13.0. The van der Waals surface area contributed by atoms with Crippen LogP contribution in [0, 0.1) is 5.82 Å². The summed E-state index contributed by atoms with van der Waals surface area (Å²) < 4.78 is 24.1. The number of aliphatic carboxylic acids is 1. The standard InChI is InChI=1S/C20H20FNO5/c21-15-2-1-3-18(12-15)27-17-6-4-14(5-7-17)20(25)22(13-19(23)24)16-8-10-26-11-9-16/h1-7,12,16H,8-11,13H2,(H,23,24). The minimum atomic E-state index is -1.05. The summed E-state index contributed by atoms with van der Waals surface area (Å²) in [6.07, 6.45) is 1.22. The molecule has 1 aliphatic rings. The van der Waals surface area contributed by atoms with E-state index < -0.39 is 11.8 Å². The summed E-state index contributed by atoms with van der Waals surface area (Å²) in [5, 5.41) is 9.17. The Morgan fingerprint density at radius 3 is 2.44 bits per heavy atom. The average Bonchev–Trinajstić information content (AvgIpc) is 2.67. The normalized spacial score (nSPS) is 14.6. The summed E-state index contributed by atoms with van der Waals surface area (Å²) in [5.74, 6) is -1.00. The topological polar surface area (TPSA) is 76.1 Å². The zero-order valence-corrected chi connectivity index (χ0v) is 14.6. The number of halogens is 1. The first-order valence-corrected chi connectivity index (χ1v) is 8.67. The monoisotopic (exact) mass is 373 g/mol. The highest BCUT2D eigenvalue weighted by Gasteiger charge is 2.28. The van der Waals surface area contributed by atoms with E-state index in [1.165, 1.54) is 17.0 Å². The van der Waals surface area contributed by atoms with E-state index in [-0.39, 0.29) is 18.5 Å². The molecule has 1 aliphatic heterocycles. The van der Waals surface area contributed by atoms with Gasteiger partial charge >= 0.3 is 5.97 Å². The van der Waals surface area contributed by atoms with E-state index in [9.17, 15) is 14.0 Å². The van der Waals surface area contributed by atoms with Crippen LogP contribution in [0.1, 0.15) is 23.2 Å².